The minimum Gasteiger partial charge on any atom is -0.363 e. The molecule has 0 saturated carbocycles. The summed E-state index contributed by atoms with van der Waals surface area (Å²) in [5, 5.41) is 21.9. The molecule has 1 heterocycles. The number of hydrogen-bond acceptors (Lipinski definition) is 6. The van der Waals surface area contributed by atoms with Gasteiger partial charge in [0.2, 0.25) is 0 Å². The highest BCUT2D eigenvalue weighted by Crippen LogP contribution is 2.35. The number of nitrogens with two attached hydrogens (primary N) is 1. The van der Waals surface area contributed by atoms with Crippen molar-refractivity contribution in [3.05, 3.63) is 38.4 Å². The van der Waals surface area contributed by atoms with Gasteiger partial charge in [0.05, 0.1) is 15.9 Å². The molecule has 8 nitrogen and oxygen atoms in total. The zero-order valence-electron chi connectivity index (χ0n) is 11.1. The van der Waals surface area contributed by atoms with Gasteiger partial charge in [-0.1, -0.05) is 0 Å². The van der Waals surface area contributed by atoms with Crippen LogP contribution in [0.4, 0.5) is 17.1 Å². The maximum absolute atomic E-state index is 11.1. The van der Waals surface area contributed by atoms with Gasteiger partial charge >= 0.3 is 0 Å². The topological polar surface area (TPSA) is 116 Å². The van der Waals surface area contributed by atoms with E-state index >= 15 is 0 Å². The molecule has 1 aliphatic heterocycles. The van der Waals surface area contributed by atoms with E-state index in [-0.39, 0.29) is 23.5 Å². The Morgan fingerprint density at radius 1 is 1.30 bits per heavy atom. The van der Waals surface area contributed by atoms with Gasteiger partial charge in [-0.3, -0.25) is 20.2 Å². The molecular formula is C12H16N4O4. The zero-order chi connectivity index (χ0) is 14.9. The molecule has 1 fully saturated rings. The van der Waals surface area contributed by atoms with E-state index in [9.17, 15) is 20.2 Å². The Bertz CT molecular complexity index is 548. The van der Waals surface area contributed by atoms with E-state index in [4.69, 9.17) is 5.73 Å². The number of nitrogens with zero attached hydrogens (tertiary/aromatic N) is 3. The largest absolute Gasteiger partial charge is 0.363 e. The Morgan fingerprint density at radius 2 is 2.00 bits per heavy atom. The average Bonchev–Trinajstić information content (AvgIpc) is 2.38. The van der Waals surface area contributed by atoms with Gasteiger partial charge in [-0.25, -0.2) is 0 Å². The third-order valence-electron chi connectivity index (χ3n) is 3.59. The smallest absolute Gasteiger partial charge is 0.299 e. The Labute approximate surface area is 115 Å². The fourth-order valence-corrected chi connectivity index (χ4v) is 2.58. The lowest BCUT2D eigenvalue weighted by atomic mass is 9.98. The first kappa shape index (κ1) is 14.2. The molecule has 0 spiro atoms. The van der Waals surface area contributed by atoms with Crippen molar-refractivity contribution in [3.63, 3.8) is 0 Å². The van der Waals surface area contributed by atoms with Crippen LogP contribution in [0.5, 0.6) is 0 Å². The number of nitro benzene ring substituents is 2. The van der Waals surface area contributed by atoms with Gasteiger partial charge in [0.15, 0.2) is 0 Å². The van der Waals surface area contributed by atoms with Crippen LogP contribution in [0.1, 0.15) is 19.8 Å². The molecule has 0 amide bonds. The lowest BCUT2D eigenvalue weighted by Crippen LogP contribution is -2.45. The standard InChI is InChI=1S/C12H16N4O4/c1-8-6-9(13)4-5-14(8)11-3-2-10(15(17)18)7-12(11)16(19)20/h2-3,7-9H,4-6,13H2,1H3. The Kier molecular flexibility index (Phi) is 3.84. The molecule has 1 aliphatic rings. The van der Waals surface area contributed by atoms with Crippen LogP contribution in [0.2, 0.25) is 0 Å². The van der Waals surface area contributed by atoms with Crippen LogP contribution in [0.3, 0.4) is 0 Å². The highest BCUT2D eigenvalue weighted by molar-refractivity contribution is 5.67. The highest BCUT2D eigenvalue weighted by Gasteiger charge is 2.29. The van der Waals surface area contributed by atoms with Crippen molar-refractivity contribution >= 4 is 17.1 Å². The molecule has 20 heavy (non-hydrogen) atoms. The predicted molar refractivity (Wildman–Crippen MR) is 73.8 cm³/mol. The van der Waals surface area contributed by atoms with Crippen molar-refractivity contribution in [2.45, 2.75) is 31.8 Å². The lowest BCUT2D eigenvalue weighted by Gasteiger charge is -2.37. The van der Waals surface area contributed by atoms with Crippen LogP contribution < -0.4 is 10.6 Å². The SMILES string of the molecule is CC1CC(N)CCN1c1ccc([N+](=O)[O-])cc1[N+](=O)[O-]. The maximum atomic E-state index is 11.1. The molecule has 2 atom stereocenters. The Hall–Kier alpha value is -2.22. The van der Waals surface area contributed by atoms with Crippen molar-refractivity contribution in [1.29, 1.82) is 0 Å². The van der Waals surface area contributed by atoms with Crippen LogP contribution >= 0.6 is 0 Å². The molecule has 2 N–H and O–H groups in total. The highest BCUT2D eigenvalue weighted by atomic mass is 16.6. The third kappa shape index (κ3) is 2.69. The molecular weight excluding hydrogens is 264 g/mol. The van der Waals surface area contributed by atoms with Crippen LogP contribution in [0, 0.1) is 20.2 Å². The molecule has 2 rings (SSSR count). The molecule has 2 unspecified atom stereocenters. The van der Waals surface area contributed by atoms with Gasteiger partial charge in [0.25, 0.3) is 11.4 Å². The van der Waals surface area contributed by atoms with Crippen LogP contribution in [-0.4, -0.2) is 28.5 Å². The van der Waals surface area contributed by atoms with Gasteiger partial charge in [-0.05, 0) is 25.8 Å². The summed E-state index contributed by atoms with van der Waals surface area (Å²) >= 11 is 0. The Balaban J connectivity index is 2.40. The molecule has 0 radical (unpaired) electrons. The summed E-state index contributed by atoms with van der Waals surface area (Å²) in [4.78, 5) is 22.5. The second-order valence-corrected chi connectivity index (χ2v) is 5.01. The van der Waals surface area contributed by atoms with Crippen LogP contribution in [0.25, 0.3) is 0 Å². The maximum Gasteiger partial charge on any atom is 0.299 e. The fourth-order valence-electron chi connectivity index (χ4n) is 2.58. The Morgan fingerprint density at radius 3 is 2.55 bits per heavy atom. The van der Waals surface area contributed by atoms with Gasteiger partial charge in [-0.2, -0.15) is 0 Å². The molecule has 0 aliphatic carbocycles. The fraction of sp³-hybridized carbons (Fsp3) is 0.500. The van der Waals surface area contributed by atoms with Gasteiger partial charge in [-0.15, -0.1) is 0 Å². The van der Waals surface area contributed by atoms with Crippen molar-refractivity contribution in [2.75, 3.05) is 11.4 Å². The van der Waals surface area contributed by atoms with E-state index in [2.05, 4.69) is 0 Å². The first-order chi connectivity index (χ1) is 9.40. The van der Waals surface area contributed by atoms with E-state index in [1.807, 2.05) is 11.8 Å². The first-order valence-electron chi connectivity index (χ1n) is 6.35. The van der Waals surface area contributed by atoms with Gasteiger partial charge in [0, 0.05) is 24.7 Å². The minimum absolute atomic E-state index is 0.0684. The summed E-state index contributed by atoms with van der Waals surface area (Å²) in [5.74, 6) is 0. The molecule has 1 aromatic carbocycles. The molecule has 8 heteroatoms. The van der Waals surface area contributed by atoms with E-state index in [1.54, 1.807) is 0 Å². The zero-order valence-corrected chi connectivity index (χ0v) is 11.1. The number of non-ortho nitro benzene ring substituents is 1. The summed E-state index contributed by atoms with van der Waals surface area (Å²) in [6.45, 7) is 2.56. The molecule has 0 aromatic heterocycles. The quantitative estimate of drug-likeness (QED) is 0.666. The number of anilines is 1. The lowest BCUT2D eigenvalue weighted by molar-refractivity contribution is -0.393. The summed E-state index contributed by atoms with van der Waals surface area (Å²) in [5.41, 5.74) is 5.78. The van der Waals surface area contributed by atoms with Crippen molar-refractivity contribution in [1.82, 2.24) is 0 Å². The summed E-state index contributed by atoms with van der Waals surface area (Å²) in [6.07, 6.45) is 1.49. The summed E-state index contributed by atoms with van der Waals surface area (Å²) < 4.78 is 0. The number of hydrogen-bond donors (Lipinski definition) is 1. The van der Waals surface area contributed by atoms with Crippen molar-refractivity contribution in [2.24, 2.45) is 5.73 Å². The van der Waals surface area contributed by atoms with Crippen molar-refractivity contribution < 1.29 is 9.85 Å². The first-order valence-corrected chi connectivity index (χ1v) is 6.35. The van der Waals surface area contributed by atoms with E-state index in [0.29, 0.717) is 12.2 Å². The predicted octanol–water partition coefficient (Wildman–Crippen LogP) is 1.82. The molecule has 0 bridgehead atoms. The third-order valence-corrected chi connectivity index (χ3v) is 3.59. The van der Waals surface area contributed by atoms with E-state index < -0.39 is 9.85 Å². The number of nitro groups is 2. The van der Waals surface area contributed by atoms with Crippen molar-refractivity contribution in [3.8, 4) is 0 Å². The molecule has 108 valence electrons. The molecule has 1 saturated heterocycles. The normalized spacial score (nSPS) is 22.6. The summed E-state index contributed by atoms with van der Waals surface area (Å²) in [6, 6.07) is 3.92. The molecule has 1 aromatic rings. The number of piperidine rings is 1. The average molecular weight is 280 g/mol. The summed E-state index contributed by atoms with van der Waals surface area (Å²) in [7, 11) is 0. The van der Waals surface area contributed by atoms with Gasteiger partial charge < -0.3 is 10.6 Å². The monoisotopic (exact) mass is 280 g/mol. The van der Waals surface area contributed by atoms with Crippen LogP contribution in [0.15, 0.2) is 18.2 Å². The number of benzene rings is 1. The minimum atomic E-state index is -0.633. The number of rotatable bonds is 3. The van der Waals surface area contributed by atoms with E-state index in [0.717, 1.165) is 18.9 Å². The van der Waals surface area contributed by atoms with E-state index in [1.165, 1.54) is 12.1 Å². The van der Waals surface area contributed by atoms with Crippen LogP contribution in [-0.2, 0) is 0 Å². The van der Waals surface area contributed by atoms with Gasteiger partial charge in [0.1, 0.15) is 5.69 Å². The second kappa shape index (κ2) is 5.41. The second-order valence-electron chi connectivity index (χ2n) is 5.01.